The van der Waals surface area contributed by atoms with E-state index >= 15 is 0 Å². The van der Waals surface area contributed by atoms with Crippen molar-refractivity contribution in [2.75, 3.05) is 0 Å². The third kappa shape index (κ3) is 16.1. The number of hydrogen-bond acceptors (Lipinski definition) is 3. The lowest BCUT2D eigenvalue weighted by atomic mass is 9.96. The Morgan fingerprint density at radius 3 is 2.07 bits per heavy atom. The Labute approximate surface area is 180 Å². The number of carbonyl (C=O) groups excluding carboxylic acids is 1. The van der Waals surface area contributed by atoms with Crippen molar-refractivity contribution in [1.82, 2.24) is 4.98 Å². The smallest absolute Gasteiger partial charge is 0.306 e. The Hall–Kier alpha value is -1.38. The van der Waals surface area contributed by atoms with Crippen molar-refractivity contribution in [3.8, 4) is 0 Å². The van der Waals surface area contributed by atoms with E-state index in [9.17, 15) is 4.79 Å². The second-order valence-corrected chi connectivity index (χ2v) is 8.70. The van der Waals surface area contributed by atoms with Crippen LogP contribution in [0.15, 0.2) is 24.5 Å². The molecule has 1 aromatic heterocycles. The summed E-state index contributed by atoms with van der Waals surface area (Å²) in [7, 11) is 0. The molecule has 1 heterocycles. The molecule has 0 saturated heterocycles. The highest BCUT2D eigenvalue weighted by Gasteiger charge is 2.04. The van der Waals surface area contributed by atoms with E-state index in [2.05, 4.69) is 18.8 Å². The molecule has 0 fully saturated rings. The van der Waals surface area contributed by atoms with Crippen LogP contribution in [0, 0.1) is 5.92 Å². The quantitative estimate of drug-likeness (QED) is 0.173. The van der Waals surface area contributed by atoms with Gasteiger partial charge in [0.2, 0.25) is 0 Å². The molecule has 0 aliphatic carbocycles. The van der Waals surface area contributed by atoms with Crippen molar-refractivity contribution in [2.45, 2.75) is 123 Å². The minimum atomic E-state index is -0.0898. The van der Waals surface area contributed by atoms with Gasteiger partial charge in [-0.3, -0.25) is 9.78 Å². The highest BCUT2D eigenvalue weighted by atomic mass is 16.5. The molecule has 3 nitrogen and oxygen atoms in total. The number of aromatic nitrogens is 1. The van der Waals surface area contributed by atoms with Crippen LogP contribution in [0.25, 0.3) is 0 Å². The number of ether oxygens (including phenoxy) is 1. The van der Waals surface area contributed by atoms with Gasteiger partial charge in [-0.05, 0) is 18.4 Å². The van der Waals surface area contributed by atoms with E-state index < -0.39 is 0 Å². The van der Waals surface area contributed by atoms with Crippen molar-refractivity contribution in [3.05, 3.63) is 30.1 Å². The standard InChI is InChI=1S/C26H45NO2/c1-3-4-5-6-7-10-13-17-24(2)18-14-11-8-9-12-15-20-26(28)29-23-25-19-16-21-27-22-25/h16,19,21-22,24H,3-15,17-18,20,23H2,1-2H3. The molecule has 1 atom stereocenters. The molecule has 0 spiro atoms. The Balaban J connectivity index is 1.82. The molecule has 0 aromatic carbocycles. The fourth-order valence-electron chi connectivity index (χ4n) is 3.78. The van der Waals surface area contributed by atoms with Crippen LogP contribution in [0.1, 0.15) is 122 Å². The predicted octanol–water partition coefficient (Wildman–Crippen LogP) is 8.02. The summed E-state index contributed by atoms with van der Waals surface area (Å²) in [5.74, 6) is 0.799. The Bertz CT molecular complexity index is 489. The average Bonchev–Trinajstić information content (AvgIpc) is 2.74. The van der Waals surface area contributed by atoms with Crippen molar-refractivity contribution in [2.24, 2.45) is 5.92 Å². The molecular formula is C26H45NO2. The first-order valence-electron chi connectivity index (χ1n) is 12.3. The molecule has 0 amide bonds. The summed E-state index contributed by atoms with van der Waals surface area (Å²) in [5, 5.41) is 0. The lowest BCUT2D eigenvalue weighted by Crippen LogP contribution is -2.04. The summed E-state index contributed by atoms with van der Waals surface area (Å²) < 4.78 is 5.29. The van der Waals surface area contributed by atoms with Gasteiger partial charge in [-0.15, -0.1) is 0 Å². The summed E-state index contributed by atoms with van der Waals surface area (Å²) in [4.78, 5) is 15.8. The largest absolute Gasteiger partial charge is 0.461 e. The van der Waals surface area contributed by atoms with E-state index in [1.165, 1.54) is 83.5 Å². The van der Waals surface area contributed by atoms with Crippen molar-refractivity contribution in [1.29, 1.82) is 0 Å². The lowest BCUT2D eigenvalue weighted by molar-refractivity contribution is -0.145. The Morgan fingerprint density at radius 1 is 0.897 bits per heavy atom. The number of esters is 1. The minimum absolute atomic E-state index is 0.0898. The van der Waals surface area contributed by atoms with E-state index in [-0.39, 0.29) is 5.97 Å². The molecule has 0 saturated carbocycles. The fraction of sp³-hybridized carbons (Fsp3) is 0.769. The maximum absolute atomic E-state index is 11.8. The molecule has 1 rings (SSSR count). The molecule has 0 aliphatic heterocycles. The van der Waals surface area contributed by atoms with E-state index in [1.54, 1.807) is 12.4 Å². The number of pyridine rings is 1. The zero-order chi connectivity index (χ0) is 21.0. The molecule has 29 heavy (non-hydrogen) atoms. The first-order valence-corrected chi connectivity index (χ1v) is 12.3. The van der Waals surface area contributed by atoms with Crippen LogP contribution in [0.3, 0.4) is 0 Å². The van der Waals surface area contributed by atoms with Gasteiger partial charge in [-0.25, -0.2) is 0 Å². The van der Waals surface area contributed by atoms with E-state index in [0.29, 0.717) is 13.0 Å². The number of carbonyl (C=O) groups is 1. The van der Waals surface area contributed by atoms with E-state index in [4.69, 9.17) is 4.74 Å². The van der Waals surface area contributed by atoms with Gasteiger partial charge in [0.15, 0.2) is 0 Å². The van der Waals surface area contributed by atoms with Crippen LogP contribution in [0.4, 0.5) is 0 Å². The SMILES string of the molecule is CCCCCCCCCC(C)CCCCCCCCC(=O)OCc1cccnc1. The van der Waals surface area contributed by atoms with Gasteiger partial charge in [-0.1, -0.05) is 110 Å². The summed E-state index contributed by atoms with van der Waals surface area (Å²) >= 11 is 0. The van der Waals surface area contributed by atoms with Crippen molar-refractivity contribution < 1.29 is 9.53 Å². The highest BCUT2D eigenvalue weighted by molar-refractivity contribution is 5.69. The number of nitrogens with zero attached hydrogens (tertiary/aromatic N) is 1. The number of unbranched alkanes of at least 4 members (excludes halogenated alkanes) is 11. The van der Waals surface area contributed by atoms with Crippen LogP contribution >= 0.6 is 0 Å². The number of hydrogen-bond donors (Lipinski definition) is 0. The molecule has 0 radical (unpaired) electrons. The Kier molecular flexibility index (Phi) is 16.5. The van der Waals surface area contributed by atoms with Gasteiger partial charge in [0.25, 0.3) is 0 Å². The third-order valence-electron chi connectivity index (χ3n) is 5.75. The van der Waals surface area contributed by atoms with Gasteiger partial charge >= 0.3 is 5.97 Å². The normalized spacial score (nSPS) is 12.1. The highest BCUT2D eigenvalue weighted by Crippen LogP contribution is 2.18. The fourth-order valence-corrected chi connectivity index (χ4v) is 3.78. The average molecular weight is 404 g/mol. The summed E-state index contributed by atoms with van der Waals surface area (Å²) in [5.41, 5.74) is 0.946. The van der Waals surface area contributed by atoms with Gasteiger partial charge in [0.05, 0.1) is 0 Å². The molecular weight excluding hydrogens is 358 g/mol. The Morgan fingerprint density at radius 2 is 1.48 bits per heavy atom. The van der Waals surface area contributed by atoms with E-state index in [1.807, 2.05) is 12.1 Å². The van der Waals surface area contributed by atoms with Gasteiger partial charge < -0.3 is 4.74 Å². The molecule has 0 aliphatic rings. The predicted molar refractivity (Wildman–Crippen MR) is 123 cm³/mol. The third-order valence-corrected chi connectivity index (χ3v) is 5.75. The summed E-state index contributed by atoms with van der Waals surface area (Å²) in [6.45, 7) is 5.04. The van der Waals surface area contributed by atoms with Crippen LogP contribution in [0.2, 0.25) is 0 Å². The van der Waals surface area contributed by atoms with Gasteiger partial charge in [0.1, 0.15) is 6.61 Å². The van der Waals surface area contributed by atoms with Gasteiger partial charge in [0, 0.05) is 24.4 Å². The lowest BCUT2D eigenvalue weighted by Gasteiger charge is -2.11. The molecule has 3 heteroatoms. The molecule has 166 valence electrons. The second kappa shape index (κ2) is 18.6. The summed E-state index contributed by atoms with van der Waals surface area (Å²) in [6.07, 6.45) is 24.0. The maximum atomic E-state index is 11.8. The monoisotopic (exact) mass is 403 g/mol. The molecule has 1 aromatic rings. The first-order chi connectivity index (χ1) is 14.2. The van der Waals surface area contributed by atoms with Crippen LogP contribution < -0.4 is 0 Å². The van der Waals surface area contributed by atoms with Crippen molar-refractivity contribution in [3.63, 3.8) is 0 Å². The topological polar surface area (TPSA) is 39.2 Å². The number of rotatable bonds is 19. The van der Waals surface area contributed by atoms with Gasteiger partial charge in [-0.2, -0.15) is 0 Å². The summed E-state index contributed by atoms with van der Waals surface area (Å²) in [6, 6.07) is 3.79. The molecule has 0 bridgehead atoms. The van der Waals surface area contributed by atoms with Crippen LogP contribution in [0.5, 0.6) is 0 Å². The molecule has 1 unspecified atom stereocenters. The maximum Gasteiger partial charge on any atom is 0.306 e. The molecule has 0 N–H and O–H groups in total. The zero-order valence-electron chi connectivity index (χ0n) is 19.2. The minimum Gasteiger partial charge on any atom is -0.461 e. The van der Waals surface area contributed by atoms with E-state index in [0.717, 1.165) is 24.3 Å². The first kappa shape index (κ1) is 25.7. The van der Waals surface area contributed by atoms with Crippen molar-refractivity contribution >= 4 is 5.97 Å². The zero-order valence-corrected chi connectivity index (χ0v) is 19.2. The second-order valence-electron chi connectivity index (χ2n) is 8.70. The van der Waals surface area contributed by atoms with Crippen LogP contribution in [-0.4, -0.2) is 11.0 Å². The van der Waals surface area contributed by atoms with Crippen LogP contribution in [-0.2, 0) is 16.1 Å².